The lowest BCUT2D eigenvalue weighted by Crippen LogP contribution is -2.48. The van der Waals surface area contributed by atoms with Crippen LogP contribution in [0.4, 0.5) is 0 Å². The van der Waals surface area contributed by atoms with Crippen LogP contribution in [-0.4, -0.2) is 12.1 Å². The highest BCUT2D eigenvalue weighted by Gasteiger charge is 2.45. The van der Waals surface area contributed by atoms with E-state index in [-0.39, 0.29) is 22.9 Å². The van der Waals surface area contributed by atoms with E-state index in [0.717, 1.165) is 0 Å². The molecule has 1 fully saturated rings. The fraction of sp³-hybridized carbons (Fsp3) is 0.938. The molecule has 1 rings (SSSR count). The molecule has 18 heavy (non-hydrogen) atoms. The molecular weight excluding hydrogens is 224 g/mol. The summed E-state index contributed by atoms with van der Waals surface area (Å²) in [6, 6.07) is 0. The number of esters is 1. The van der Waals surface area contributed by atoms with Gasteiger partial charge in [0.2, 0.25) is 0 Å². The minimum Gasteiger partial charge on any atom is -0.462 e. The lowest BCUT2D eigenvalue weighted by molar-refractivity contribution is -0.175. The second kappa shape index (κ2) is 4.86. The molecule has 0 amide bonds. The van der Waals surface area contributed by atoms with E-state index in [1.165, 1.54) is 0 Å². The number of ether oxygens (including phenoxy) is 1. The molecule has 0 aliphatic carbocycles. The number of hydrogen-bond donors (Lipinski definition) is 0. The van der Waals surface area contributed by atoms with Crippen molar-refractivity contribution < 1.29 is 9.53 Å². The number of carbonyl (C=O) groups excluding carboxylic acids is 1. The largest absolute Gasteiger partial charge is 0.462 e. The Morgan fingerprint density at radius 1 is 1.17 bits per heavy atom. The Morgan fingerprint density at radius 3 is 2.06 bits per heavy atom. The number of hydrogen-bond acceptors (Lipinski definition) is 2. The molecule has 4 atom stereocenters. The van der Waals surface area contributed by atoms with Crippen molar-refractivity contribution in [2.75, 3.05) is 0 Å². The molecule has 0 aromatic rings. The number of carbonyl (C=O) groups is 1. The van der Waals surface area contributed by atoms with Crippen LogP contribution in [-0.2, 0) is 9.53 Å². The second-order valence-electron chi connectivity index (χ2n) is 8.14. The summed E-state index contributed by atoms with van der Waals surface area (Å²) in [6.07, 6.45) is 0.619. The number of cyclic esters (lactones) is 1. The third-order valence-corrected chi connectivity index (χ3v) is 4.78. The first-order valence-corrected chi connectivity index (χ1v) is 7.14. The van der Waals surface area contributed by atoms with Crippen molar-refractivity contribution in [2.24, 2.45) is 28.6 Å². The van der Waals surface area contributed by atoms with Crippen molar-refractivity contribution in [3.63, 3.8) is 0 Å². The van der Waals surface area contributed by atoms with Gasteiger partial charge in [0.1, 0.15) is 6.10 Å². The lowest BCUT2D eigenvalue weighted by atomic mass is 9.64. The molecule has 2 heteroatoms. The molecule has 0 N–H and O–H groups in total. The molecule has 0 aromatic carbocycles. The van der Waals surface area contributed by atoms with Crippen LogP contribution in [0.5, 0.6) is 0 Å². The summed E-state index contributed by atoms with van der Waals surface area (Å²) in [5.41, 5.74) is 0.327. The van der Waals surface area contributed by atoms with Crippen LogP contribution in [0.15, 0.2) is 0 Å². The van der Waals surface area contributed by atoms with Gasteiger partial charge in [-0.2, -0.15) is 0 Å². The van der Waals surface area contributed by atoms with Crippen LogP contribution in [0, 0.1) is 28.6 Å². The van der Waals surface area contributed by atoms with Crippen molar-refractivity contribution in [3.8, 4) is 0 Å². The van der Waals surface area contributed by atoms with Crippen LogP contribution in [0.3, 0.4) is 0 Å². The molecule has 1 saturated heterocycles. The topological polar surface area (TPSA) is 26.3 Å². The van der Waals surface area contributed by atoms with Crippen LogP contribution in [0.25, 0.3) is 0 Å². The van der Waals surface area contributed by atoms with Crippen molar-refractivity contribution in [2.45, 2.75) is 67.9 Å². The normalized spacial score (nSPS) is 32.0. The fourth-order valence-electron chi connectivity index (χ4n) is 3.05. The Morgan fingerprint density at radius 2 is 1.67 bits per heavy atom. The van der Waals surface area contributed by atoms with Gasteiger partial charge in [0.15, 0.2) is 0 Å². The summed E-state index contributed by atoms with van der Waals surface area (Å²) in [7, 11) is 0. The molecule has 0 unspecified atom stereocenters. The Labute approximate surface area is 112 Å². The summed E-state index contributed by atoms with van der Waals surface area (Å²) < 4.78 is 5.67. The average molecular weight is 254 g/mol. The zero-order valence-electron chi connectivity index (χ0n) is 13.3. The standard InChI is InChI=1S/C16H30O2/c1-10-12(16(6,7)8)9-13(17)18-14(10)11(2)15(3,4)5/h10-12,14H,9H2,1-8H3/t10-,11+,12+,14+/m0/s1. The zero-order chi connectivity index (χ0) is 14.3. The molecule has 0 bridgehead atoms. The van der Waals surface area contributed by atoms with Crippen LogP contribution >= 0.6 is 0 Å². The molecule has 106 valence electrons. The van der Waals surface area contributed by atoms with Gasteiger partial charge in [-0.15, -0.1) is 0 Å². The van der Waals surface area contributed by atoms with Gasteiger partial charge < -0.3 is 4.74 Å². The smallest absolute Gasteiger partial charge is 0.306 e. The van der Waals surface area contributed by atoms with E-state index in [4.69, 9.17) is 4.74 Å². The fourth-order valence-corrected chi connectivity index (χ4v) is 3.05. The van der Waals surface area contributed by atoms with Crippen LogP contribution in [0.2, 0.25) is 0 Å². The Kier molecular flexibility index (Phi) is 4.19. The van der Waals surface area contributed by atoms with Gasteiger partial charge >= 0.3 is 5.97 Å². The van der Waals surface area contributed by atoms with Crippen LogP contribution < -0.4 is 0 Å². The highest BCUT2D eigenvalue weighted by Crippen LogP contribution is 2.45. The first-order chi connectivity index (χ1) is 7.94. The predicted molar refractivity (Wildman–Crippen MR) is 75.2 cm³/mol. The highest BCUT2D eigenvalue weighted by molar-refractivity contribution is 5.71. The molecule has 1 aliphatic rings. The number of rotatable bonds is 1. The quantitative estimate of drug-likeness (QED) is 0.653. The van der Waals surface area contributed by atoms with Gasteiger partial charge in [0.25, 0.3) is 0 Å². The van der Waals surface area contributed by atoms with E-state index >= 15 is 0 Å². The Hall–Kier alpha value is -0.530. The summed E-state index contributed by atoms with van der Waals surface area (Å²) in [6.45, 7) is 17.8. The monoisotopic (exact) mass is 254 g/mol. The van der Waals surface area contributed by atoms with Crippen molar-refractivity contribution in [1.82, 2.24) is 0 Å². The van der Waals surface area contributed by atoms with Gasteiger partial charge in [-0.25, -0.2) is 0 Å². The van der Waals surface area contributed by atoms with E-state index in [1.54, 1.807) is 0 Å². The molecule has 0 spiro atoms. The molecular formula is C16H30O2. The highest BCUT2D eigenvalue weighted by atomic mass is 16.5. The van der Waals surface area contributed by atoms with Gasteiger partial charge in [0, 0.05) is 6.42 Å². The van der Waals surface area contributed by atoms with E-state index in [2.05, 4.69) is 55.4 Å². The van der Waals surface area contributed by atoms with Gasteiger partial charge in [0.05, 0.1) is 0 Å². The maximum absolute atomic E-state index is 11.9. The van der Waals surface area contributed by atoms with Crippen molar-refractivity contribution >= 4 is 5.97 Å². The van der Waals surface area contributed by atoms with E-state index in [1.807, 2.05) is 0 Å². The third-order valence-electron chi connectivity index (χ3n) is 4.78. The Balaban J connectivity index is 2.96. The maximum Gasteiger partial charge on any atom is 0.306 e. The molecule has 1 aliphatic heterocycles. The predicted octanol–water partition coefficient (Wildman–Crippen LogP) is 4.28. The molecule has 1 heterocycles. The van der Waals surface area contributed by atoms with Crippen molar-refractivity contribution in [3.05, 3.63) is 0 Å². The maximum atomic E-state index is 11.9. The van der Waals surface area contributed by atoms with Gasteiger partial charge in [-0.05, 0) is 28.6 Å². The summed E-state index contributed by atoms with van der Waals surface area (Å²) in [4.78, 5) is 11.9. The molecule has 0 saturated carbocycles. The van der Waals surface area contributed by atoms with E-state index in [0.29, 0.717) is 24.2 Å². The van der Waals surface area contributed by atoms with Gasteiger partial charge in [-0.3, -0.25) is 4.79 Å². The molecule has 2 nitrogen and oxygen atoms in total. The van der Waals surface area contributed by atoms with Crippen LogP contribution in [0.1, 0.15) is 61.8 Å². The van der Waals surface area contributed by atoms with E-state index in [9.17, 15) is 4.79 Å². The molecule has 0 aromatic heterocycles. The third kappa shape index (κ3) is 3.27. The average Bonchev–Trinajstić information content (AvgIpc) is 2.17. The summed E-state index contributed by atoms with van der Waals surface area (Å²) >= 11 is 0. The van der Waals surface area contributed by atoms with Gasteiger partial charge in [-0.1, -0.05) is 55.4 Å². The minimum atomic E-state index is -0.0193. The first kappa shape index (κ1) is 15.5. The lowest BCUT2D eigenvalue weighted by Gasteiger charge is -2.46. The zero-order valence-corrected chi connectivity index (χ0v) is 13.3. The summed E-state index contributed by atoms with van der Waals surface area (Å²) in [5.74, 6) is 1.20. The van der Waals surface area contributed by atoms with Crippen molar-refractivity contribution in [1.29, 1.82) is 0 Å². The summed E-state index contributed by atoms with van der Waals surface area (Å²) in [5, 5.41) is 0. The van der Waals surface area contributed by atoms with E-state index < -0.39 is 0 Å². The minimum absolute atomic E-state index is 0.0193. The molecule has 0 radical (unpaired) electrons. The first-order valence-electron chi connectivity index (χ1n) is 7.14. The Bertz CT molecular complexity index is 306. The SMILES string of the molecule is C[C@@H]1[C@H]([C@@H](C)C(C)(C)C)OC(=O)C[C@H]1C(C)(C)C. The second-order valence-corrected chi connectivity index (χ2v) is 8.14.